The highest BCUT2D eigenvalue weighted by atomic mass is 19.4. The Labute approximate surface area is 167 Å². The number of aromatic nitrogens is 2. The van der Waals surface area contributed by atoms with Crippen LogP contribution in [0.2, 0.25) is 0 Å². The highest BCUT2D eigenvalue weighted by Gasteiger charge is 2.32. The van der Waals surface area contributed by atoms with Crippen molar-refractivity contribution in [3.63, 3.8) is 0 Å². The molecule has 2 aromatic carbocycles. The smallest absolute Gasteiger partial charge is 0.237 e. The molecule has 0 aliphatic heterocycles. The van der Waals surface area contributed by atoms with Gasteiger partial charge in [0.05, 0.1) is 11.6 Å². The molecule has 4 aromatic rings. The summed E-state index contributed by atoms with van der Waals surface area (Å²) in [5.74, 6) is -1.41. The molecule has 0 atom stereocenters. The van der Waals surface area contributed by atoms with Gasteiger partial charge < -0.3 is 0 Å². The minimum atomic E-state index is -4.61. The topological polar surface area (TPSA) is 49.6 Å². The monoisotopic (exact) mass is 411 g/mol. The second kappa shape index (κ2) is 7.19. The molecular formula is C22H10F5N3. The summed E-state index contributed by atoms with van der Waals surface area (Å²) in [6.45, 7) is 0. The fourth-order valence-corrected chi connectivity index (χ4v) is 3.14. The number of hydrogen-bond acceptors (Lipinski definition) is 3. The van der Waals surface area contributed by atoms with E-state index in [1.165, 1.54) is 36.5 Å². The number of benzene rings is 2. The first-order valence-corrected chi connectivity index (χ1v) is 8.61. The Morgan fingerprint density at radius 3 is 2.20 bits per heavy atom. The second-order valence-electron chi connectivity index (χ2n) is 6.42. The fraction of sp³-hybridized carbons (Fsp3) is 0.0455. The quantitative estimate of drug-likeness (QED) is 0.373. The zero-order valence-electron chi connectivity index (χ0n) is 15.0. The van der Waals surface area contributed by atoms with E-state index in [9.17, 15) is 22.0 Å². The van der Waals surface area contributed by atoms with E-state index in [-0.39, 0.29) is 22.3 Å². The van der Waals surface area contributed by atoms with Gasteiger partial charge in [0.15, 0.2) is 5.65 Å². The third-order valence-electron chi connectivity index (χ3n) is 4.56. The Morgan fingerprint density at radius 2 is 1.50 bits per heavy atom. The lowest BCUT2D eigenvalue weighted by Crippen LogP contribution is -2.08. The van der Waals surface area contributed by atoms with Gasteiger partial charge >= 0.3 is 6.18 Å². The van der Waals surface area contributed by atoms with E-state index in [1.807, 2.05) is 6.07 Å². The molecule has 0 saturated carbocycles. The molecule has 148 valence electrons. The van der Waals surface area contributed by atoms with Crippen molar-refractivity contribution in [2.75, 3.05) is 0 Å². The number of nitrogens with zero attached hydrogens (tertiary/aromatic N) is 3. The molecule has 0 spiro atoms. The van der Waals surface area contributed by atoms with Gasteiger partial charge in [-0.1, -0.05) is 6.07 Å². The molecular weight excluding hydrogens is 401 g/mol. The van der Waals surface area contributed by atoms with Gasteiger partial charge in [0.25, 0.3) is 0 Å². The molecule has 0 fully saturated rings. The highest BCUT2D eigenvalue weighted by Crippen LogP contribution is 2.35. The van der Waals surface area contributed by atoms with E-state index in [4.69, 9.17) is 5.26 Å². The van der Waals surface area contributed by atoms with Crippen LogP contribution < -0.4 is 0 Å². The summed E-state index contributed by atoms with van der Waals surface area (Å²) >= 11 is 0. The number of rotatable bonds is 2. The summed E-state index contributed by atoms with van der Waals surface area (Å²) in [6.07, 6.45) is -3.32. The molecule has 30 heavy (non-hydrogen) atoms. The zero-order valence-corrected chi connectivity index (χ0v) is 15.0. The molecule has 0 saturated heterocycles. The van der Waals surface area contributed by atoms with E-state index in [0.717, 1.165) is 18.2 Å². The summed E-state index contributed by atoms with van der Waals surface area (Å²) in [6, 6.07) is 13.0. The maximum absolute atomic E-state index is 14.5. The molecule has 0 amide bonds. The van der Waals surface area contributed by atoms with Gasteiger partial charge in [0.1, 0.15) is 17.3 Å². The Balaban J connectivity index is 1.90. The first-order chi connectivity index (χ1) is 14.3. The lowest BCUT2D eigenvalue weighted by Gasteiger charge is -2.12. The van der Waals surface area contributed by atoms with Gasteiger partial charge in [0.2, 0.25) is 0 Å². The Morgan fingerprint density at radius 1 is 0.800 bits per heavy atom. The number of pyridine rings is 2. The van der Waals surface area contributed by atoms with Gasteiger partial charge in [-0.3, -0.25) is 0 Å². The van der Waals surface area contributed by atoms with Gasteiger partial charge in [-0.15, -0.1) is 0 Å². The van der Waals surface area contributed by atoms with E-state index < -0.39 is 23.5 Å². The van der Waals surface area contributed by atoms with E-state index >= 15 is 0 Å². The molecule has 0 aliphatic carbocycles. The third kappa shape index (κ3) is 3.46. The molecule has 0 unspecified atom stereocenters. The highest BCUT2D eigenvalue weighted by molar-refractivity contribution is 5.93. The summed E-state index contributed by atoms with van der Waals surface area (Å²) in [5, 5.41) is 9.37. The van der Waals surface area contributed by atoms with Crippen LogP contribution >= 0.6 is 0 Å². The molecule has 8 heteroatoms. The molecule has 3 nitrogen and oxygen atoms in total. The van der Waals surface area contributed by atoms with Crippen LogP contribution in [-0.2, 0) is 6.18 Å². The van der Waals surface area contributed by atoms with Crippen LogP contribution in [0.3, 0.4) is 0 Å². The summed E-state index contributed by atoms with van der Waals surface area (Å²) in [5.41, 5.74) is -0.312. The van der Waals surface area contributed by atoms with Crippen LogP contribution in [0.1, 0.15) is 11.3 Å². The molecule has 2 heterocycles. The SMILES string of the molecule is N#Cc1ccc(F)c(-c2cc(-c3ccnc4nc(C(F)(F)F)ccc34)ccc2F)c1. The second-order valence-corrected chi connectivity index (χ2v) is 6.42. The molecule has 0 radical (unpaired) electrons. The number of nitriles is 1. The largest absolute Gasteiger partial charge is 0.433 e. The van der Waals surface area contributed by atoms with Crippen molar-refractivity contribution in [3.8, 4) is 28.3 Å². The maximum Gasteiger partial charge on any atom is 0.433 e. The molecule has 4 rings (SSSR count). The van der Waals surface area contributed by atoms with Crippen LogP contribution in [0.15, 0.2) is 60.8 Å². The Bertz CT molecular complexity index is 1320. The number of hydrogen-bond donors (Lipinski definition) is 0. The first kappa shape index (κ1) is 19.5. The maximum atomic E-state index is 14.5. The van der Waals surface area contributed by atoms with Crippen LogP contribution in [0.5, 0.6) is 0 Å². The molecule has 2 aromatic heterocycles. The molecule has 0 aliphatic rings. The standard InChI is InChI=1S/C22H10F5N3/c23-18-4-1-12(11-28)9-16(18)17-10-13(2-5-19(17)24)14-7-8-29-21-15(14)3-6-20(30-21)22(25,26)27/h1-10H. The van der Waals surface area contributed by atoms with Crippen molar-refractivity contribution < 1.29 is 22.0 Å². The van der Waals surface area contributed by atoms with Gasteiger partial charge in [0, 0.05) is 22.7 Å². The van der Waals surface area contributed by atoms with E-state index in [0.29, 0.717) is 16.5 Å². The van der Waals surface area contributed by atoms with Crippen molar-refractivity contribution in [3.05, 3.63) is 83.7 Å². The van der Waals surface area contributed by atoms with Crippen LogP contribution in [0.4, 0.5) is 22.0 Å². The van der Waals surface area contributed by atoms with Crippen molar-refractivity contribution in [2.45, 2.75) is 6.18 Å². The normalized spacial score (nSPS) is 11.5. The van der Waals surface area contributed by atoms with Crippen molar-refractivity contribution in [1.82, 2.24) is 9.97 Å². The van der Waals surface area contributed by atoms with Crippen molar-refractivity contribution in [1.29, 1.82) is 5.26 Å². The third-order valence-corrected chi connectivity index (χ3v) is 4.56. The van der Waals surface area contributed by atoms with Crippen molar-refractivity contribution in [2.24, 2.45) is 0 Å². The Kier molecular flexibility index (Phi) is 4.66. The van der Waals surface area contributed by atoms with Crippen LogP contribution in [0, 0.1) is 23.0 Å². The lowest BCUT2D eigenvalue weighted by molar-refractivity contribution is -0.141. The van der Waals surface area contributed by atoms with Crippen molar-refractivity contribution >= 4 is 11.0 Å². The average Bonchev–Trinajstić information content (AvgIpc) is 2.73. The van der Waals surface area contributed by atoms with E-state index in [2.05, 4.69) is 9.97 Å². The van der Waals surface area contributed by atoms with Gasteiger partial charge in [-0.05, 0) is 59.7 Å². The van der Waals surface area contributed by atoms with Crippen LogP contribution in [0.25, 0.3) is 33.3 Å². The number of halogens is 5. The lowest BCUT2D eigenvalue weighted by atomic mass is 9.96. The zero-order chi connectivity index (χ0) is 21.5. The predicted molar refractivity (Wildman–Crippen MR) is 100 cm³/mol. The van der Waals surface area contributed by atoms with Gasteiger partial charge in [-0.25, -0.2) is 18.7 Å². The van der Waals surface area contributed by atoms with Gasteiger partial charge in [-0.2, -0.15) is 18.4 Å². The first-order valence-electron chi connectivity index (χ1n) is 8.61. The minimum Gasteiger partial charge on any atom is -0.237 e. The predicted octanol–water partition coefficient (Wildman–Crippen LogP) is 6.13. The number of alkyl halides is 3. The molecule has 0 bridgehead atoms. The Hall–Kier alpha value is -3.86. The summed E-state index contributed by atoms with van der Waals surface area (Å²) < 4.78 is 67.6. The van der Waals surface area contributed by atoms with Crippen LogP contribution in [-0.4, -0.2) is 9.97 Å². The average molecular weight is 411 g/mol. The number of fused-ring (bicyclic) bond motifs is 1. The molecule has 0 N–H and O–H groups in total. The fourth-order valence-electron chi connectivity index (χ4n) is 3.14. The summed E-state index contributed by atoms with van der Waals surface area (Å²) in [7, 11) is 0. The minimum absolute atomic E-state index is 0.0769. The summed E-state index contributed by atoms with van der Waals surface area (Å²) in [4.78, 5) is 7.46. The van der Waals surface area contributed by atoms with E-state index in [1.54, 1.807) is 6.07 Å².